The summed E-state index contributed by atoms with van der Waals surface area (Å²) in [6.07, 6.45) is 0.527. The van der Waals surface area contributed by atoms with Crippen molar-refractivity contribution in [2.24, 2.45) is 0 Å². The fraction of sp³-hybridized carbons (Fsp3) is 0.250. The van der Waals surface area contributed by atoms with Crippen molar-refractivity contribution >= 4 is 23.4 Å². The van der Waals surface area contributed by atoms with E-state index < -0.39 is 0 Å². The van der Waals surface area contributed by atoms with Gasteiger partial charge in [0.15, 0.2) is 11.5 Å². The molecule has 27 heavy (non-hydrogen) atoms. The summed E-state index contributed by atoms with van der Waals surface area (Å²) >= 11 is 0. The third-order valence-corrected chi connectivity index (χ3v) is 4.15. The van der Waals surface area contributed by atoms with Crippen molar-refractivity contribution in [1.29, 1.82) is 0 Å². The van der Waals surface area contributed by atoms with E-state index in [1.54, 1.807) is 43.5 Å². The van der Waals surface area contributed by atoms with Gasteiger partial charge in [-0.3, -0.25) is 19.3 Å². The van der Waals surface area contributed by atoms with Gasteiger partial charge in [0.2, 0.25) is 17.7 Å². The molecule has 0 aliphatic carbocycles. The number of hydrogen-bond donors (Lipinski definition) is 1. The number of nitrogens with zero attached hydrogens (tertiary/aromatic N) is 1. The lowest BCUT2D eigenvalue weighted by molar-refractivity contribution is -0.138. The molecule has 3 rings (SSSR count). The van der Waals surface area contributed by atoms with Crippen molar-refractivity contribution in [2.75, 3.05) is 19.0 Å². The quantitative estimate of drug-likeness (QED) is 0.760. The van der Waals surface area contributed by atoms with Crippen LogP contribution in [0.15, 0.2) is 48.5 Å². The lowest BCUT2D eigenvalue weighted by Gasteiger charge is -2.13. The van der Waals surface area contributed by atoms with Gasteiger partial charge in [-0.05, 0) is 36.4 Å². The van der Waals surface area contributed by atoms with E-state index in [0.717, 1.165) is 4.90 Å². The van der Waals surface area contributed by atoms with Gasteiger partial charge in [-0.25, -0.2) is 0 Å². The second kappa shape index (κ2) is 8.35. The highest BCUT2D eigenvalue weighted by atomic mass is 16.5. The highest BCUT2D eigenvalue weighted by molar-refractivity contribution is 6.02. The molecule has 0 unspecified atom stereocenters. The Hall–Kier alpha value is -3.35. The normalized spacial score (nSPS) is 13.6. The molecule has 1 N–H and O–H groups in total. The number of hydrogen-bond acceptors (Lipinski definition) is 5. The number of para-hydroxylation sites is 2. The zero-order valence-electron chi connectivity index (χ0n) is 14.9. The molecule has 3 amide bonds. The first-order valence-electron chi connectivity index (χ1n) is 8.61. The smallest absolute Gasteiger partial charge is 0.229 e. The first-order chi connectivity index (χ1) is 13.1. The molecule has 2 aromatic carbocycles. The molecule has 1 fully saturated rings. The summed E-state index contributed by atoms with van der Waals surface area (Å²) in [5.74, 6) is 1.13. The first kappa shape index (κ1) is 18.4. The molecule has 7 heteroatoms. The second-order valence-corrected chi connectivity index (χ2v) is 6.01. The number of ether oxygens (including phenoxy) is 2. The monoisotopic (exact) mass is 368 g/mol. The van der Waals surface area contributed by atoms with Gasteiger partial charge < -0.3 is 14.8 Å². The highest BCUT2D eigenvalue weighted by Crippen LogP contribution is 2.31. The lowest BCUT2D eigenvalue weighted by atomic mass is 10.2. The van der Waals surface area contributed by atoms with Gasteiger partial charge in [-0.2, -0.15) is 0 Å². The minimum absolute atomic E-state index is 0.0664. The van der Waals surface area contributed by atoms with Crippen LogP contribution in [0.1, 0.15) is 19.3 Å². The van der Waals surface area contributed by atoms with Crippen LogP contribution in [0, 0.1) is 0 Å². The third kappa shape index (κ3) is 4.63. The fourth-order valence-corrected chi connectivity index (χ4v) is 2.75. The number of rotatable bonds is 7. The molecule has 0 aromatic heterocycles. The maximum Gasteiger partial charge on any atom is 0.229 e. The van der Waals surface area contributed by atoms with Crippen molar-refractivity contribution in [3.05, 3.63) is 48.5 Å². The van der Waals surface area contributed by atoms with Gasteiger partial charge in [-0.15, -0.1) is 0 Å². The van der Waals surface area contributed by atoms with Gasteiger partial charge in [0.1, 0.15) is 5.75 Å². The Morgan fingerprint density at radius 3 is 2.26 bits per heavy atom. The molecule has 0 bridgehead atoms. The topological polar surface area (TPSA) is 84.9 Å². The van der Waals surface area contributed by atoms with Crippen molar-refractivity contribution < 1.29 is 23.9 Å². The maximum atomic E-state index is 12.0. The van der Waals surface area contributed by atoms with E-state index in [4.69, 9.17) is 9.47 Å². The minimum Gasteiger partial charge on any atom is -0.493 e. The predicted octanol–water partition coefficient (Wildman–Crippen LogP) is 2.97. The van der Waals surface area contributed by atoms with Crippen LogP contribution in [0.2, 0.25) is 0 Å². The Bertz CT molecular complexity index is 832. The Morgan fingerprint density at radius 1 is 1.00 bits per heavy atom. The van der Waals surface area contributed by atoms with E-state index in [-0.39, 0.29) is 43.5 Å². The van der Waals surface area contributed by atoms with Crippen LogP contribution in [-0.4, -0.2) is 36.3 Å². The average molecular weight is 368 g/mol. The molecular weight excluding hydrogens is 348 g/mol. The molecule has 0 radical (unpaired) electrons. The second-order valence-electron chi connectivity index (χ2n) is 6.01. The van der Waals surface area contributed by atoms with E-state index in [2.05, 4.69) is 5.32 Å². The zero-order chi connectivity index (χ0) is 19.2. The summed E-state index contributed by atoms with van der Waals surface area (Å²) in [6, 6.07) is 14.2. The van der Waals surface area contributed by atoms with Crippen molar-refractivity contribution in [2.45, 2.75) is 19.3 Å². The summed E-state index contributed by atoms with van der Waals surface area (Å²) < 4.78 is 11.0. The molecule has 1 aliphatic rings. The van der Waals surface area contributed by atoms with Gasteiger partial charge >= 0.3 is 0 Å². The molecule has 0 saturated carbocycles. The molecule has 0 spiro atoms. The minimum atomic E-state index is -0.263. The summed E-state index contributed by atoms with van der Waals surface area (Å²) in [4.78, 5) is 36.3. The van der Waals surface area contributed by atoms with E-state index in [1.165, 1.54) is 0 Å². The summed E-state index contributed by atoms with van der Waals surface area (Å²) in [7, 11) is 1.57. The Kier molecular flexibility index (Phi) is 5.71. The number of carbonyl (C=O) groups is 3. The molecule has 140 valence electrons. The number of likely N-dealkylation sites (tertiary alicyclic amines) is 1. The van der Waals surface area contributed by atoms with Gasteiger partial charge in [0, 0.05) is 31.5 Å². The molecule has 1 aliphatic heterocycles. The molecule has 1 saturated heterocycles. The fourth-order valence-electron chi connectivity index (χ4n) is 2.75. The number of benzene rings is 2. The van der Waals surface area contributed by atoms with Crippen molar-refractivity contribution in [3.8, 4) is 17.2 Å². The molecular formula is C20H20N2O5. The molecule has 2 aromatic rings. The average Bonchev–Trinajstić information content (AvgIpc) is 3.00. The van der Waals surface area contributed by atoms with Crippen LogP contribution < -0.4 is 14.8 Å². The number of amides is 3. The van der Waals surface area contributed by atoms with Crippen molar-refractivity contribution in [1.82, 2.24) is 4.90 Å². The number of anilines is 1. The summed E-state index contributed by atoms with van der Waals surface area (Å²) in [6.45, 7) is 0.110. The van der Waals surface area contributed by atoms with Gasteiger partial charge in [0.25, 0.3) is 0 Å². The predicted molar refractivity (Wildman–Crippen MR) is 98.7 cm³/mol. The van der Waals surface area contributed by atoms with Crippen LogP contribution in [0.3, 0.4) is 0 Å². The van der Waals surface area contributed by atoms with Crippen LogP contribution in [0.4, 0.5) is 5.69 Å². The van der Waals surface area contributed by atoms with Crippen molar-refractivity contribution in [3.63, 3.8) is 0 Å². The van der Waals surface area contributed by atoms with E-state index in [1.807, 2.05) is 12.1 Å². The maximum absolute atomic E-state index is 12.0. The lowest BCUT2D eigenvalue weighted by Crippen LogP contribution is -2.32. The molecule has 7 nitrogen and oxygen atoms in total. The van der Waals surface area contributed by atoms with Gasteiger partial charge in [-0.1, -0.05) is 12.1 Å². The number of methoxy groups -OCH3 is 1. The number of nitrogens with one attached hydrogen (secondary N) is 1. The van der Waals surface area contributed by atoms with E-state index >= 15 is 0 Å². The Balaban J connectivity index is 1.53. The largest absolute Gasteiger partial charge is 0.493 e. The standard InChI is InChI=1S/C20H20N2O5/c1-26-16-4-2-3-5-17(16)27-15-8-6-14(7-9-15)21-18(23)12-13-22-19(24)10-11-20(22)25/h2-9H,10-13H2,1H3,(H,21,23). The summed E-state index contributed by atoms with van der Waals surface area (Å²) in [5, 5.41) is 2.74. The number of imide groups is 1. The first-order valence-corrected chi connectivity index (χ1v) is 8.61. The Labute approximate surface area is 156 Å². The van der Waals surface area contributed by atoms with Crippen LogP contribution in [0.5, 0.6) is 17.2 Å². The summed E-state index contributed by atoms with van der Waals surface area (Å²) in [5.41, 5.74) is 0.603. The Morgan fingerprint density at radius 2 is 1.63 bits per heavy atom. The van der Waals surface area contributed by atoms with E-state index in [9.17, 15) is 14.4 Å². The van der Waals surface area contributed by atoms with Gasteiger partial charge in [0.05, 0.1) is 7.11 Å². The SMILES string of the molecule is COc1ccccc1Oc1ccc(NC(=O)CCN2C(=O)CCC2=O)cc1. The third-order valence-electron chi connectivity index (χ3n) is 4.15. The highest BCUT2D eigenvalue weighted by Gasteiger charge is 2.28. The number of carbonyl (C=O) groups excluding carboxylic acids is 3. The van der Waals surface area contributed by atoms with E-state index in [0.29, 0.717) is 22.9 Å². The van der Waals surface area contributed by atoms with Crippen LogP contribution >= 0.6 is 0 Å². The van der Waals surface area contributed by atoms with Crippen LogP contribution in [-0.2, 0) is 14.4 Å². The van der Waals surface area contributed by atoms with Crippen LogP contribution in [0.25, 0.3) is 0 Å². The zero-order valence-corrected chi connectivity index (χ0v) is 14.9. The molecule has 0 atom stereocenters. The molecule has 1 heterocycles.